The molecule has 0 bridgehead atoms. The van der Waals surface area contributed by atoms with Gasteiger partial charge in [-0.05, 0) is 36.4 Å². The first-order valence-electron chi connectivity index (χ1n) is 5.60. The summed E-state index contributed by atoms with van der Waals surface area (Å²) in [7, 11) is 0. The van der Waals surface area contributed by atoms with Crippen molar-refractivity contribution in [1.29, 1.82) is 0 Å². The van der Waals surface area contributed by atoms with Gasteiger partial charge in [0, 0.05) is 21.8 Å². The number of nitrogens with one attached hydrogen (secondary N) is 1. The van der Waals surface area contributed by atoms with E-state index in [1.165, 1.54) is 24.3 Å². The maximum Gasteiger partial charge on any atom is 0.123 e. The molecule has 0 saturated heterocycles. The molecule has 3 rings (SSSR count). The molecule has 0 aliphatic rings. The molecule has 1 nitrogen and oxygen atoms in total. The molecule has 17 heavy (non-hydrogen) atoms. The molecule has 0 atom stereocenters. The van der Waals surface area contributed by atoms with Gasteiger partial charge in [-0.1, -0.05) is 13.8 Å². The van der Waals surface area contributed by atoms with Crippen molar-refractivity contribution in [1.82, 2.24) is 4.98 Å². The second kappa shape index (κ2) is 4.53. The topological polar surface area (TPSA) is 15.8 Å². The Hall–Kier alpha value is -1.90. The van der Waals surface area contributed by atoms with Gasteiger partial charge in [0.2, 0.25) is 0 Å². The summed E-state index contributed by atoms with van der Waals surface area (Å²) < 4.78 is 26.1. The average molecular weight is 233 g/mol. The minimum absolute atomic E-state index is 0.312. The zero-order chi connectivity index (χ0) is 12.4. The lowest BCUT2D eigenvalue weighted by Gasteiger charge is -1.91. The summed E-state index contributed by atoms with van der Waals surface area (Å²) in [5, 5.41) is 1.43. The molecule has 0 aliphatic heterocycles. The van der Waals surface area contributed by atoms with Gasteiger partial charge in [-0.3, -0.25) is 0 Å². The Morgan fingerprint density at radius 1 is 0.765 bits per heavy atom. The average Bonchev–Trinajstić information content (AvgIpc) is 2.69. The number of halogens is 2. The molecule has 3 heteroatoms. The number of rotatable bonds is 0. The van der Waals surface area contributed by atoms with E-state index in [0.29, 0.717) is 10.8 Å². The van der Waals surface area contributed by atoms with E-state index in [4.69, 9.17) is 0 Å². The highest BCUT2D eigenvalue weighted by atomic mass is 19.1. The van der Waals surface area contributed by atoms with E-state index in [1.807, 2.05) is 13.8 Å². The van der Waals surface area contributed by atoms with Crippen LogP contribution in [0.1, 0.15) is 13.8 Å². The molecular formula is C14H13F2N. The third-order valence-electron chi connectivity index (χ3n) is 2.52. The first kappa shape index (κ1) is 11.6. The van der Waals surface area contributed by atoms with Crippen LogP contribution in [0, 0.1) is 11.6 Å². The Labute approximate surface area is 98.1 Å². The number of fused-ring (bicyclic) bond motifs is 3. The largest absolute Gasteiger partial charge is 0.355 e. The third kappa shape index (κ3) is 2.00. The quantitative estimate of drug-likeness (QED) is 0.583. The highest BCUT2D eigenvalue weighted by molar-refractivity contribution is 6.07. The standard InChI is InChI=1S/C12H7F2N.C2H6/c13-7-1-3-11-9(5-7)10-6-8(14)2-4-12(10)15-11;1-2/h1-6,15H;1-2H3. The van der Waals surface area contributed by atoms with Crippen molar-refractivity contribution in [3.05, 3.63) is 48.0 Å². The molecule has 0 saturated carbocycles. The van der Waals surface area contributed by atoms with Gasteiger partial charge in [0.15, 0.2) is 0 Å². The Bertz CT molecular complexity index is 599. The van der Waals surface area contributed by atoms with Crippen LogP contribution in [0.3, 0.4) is 0 Å². The van der Waals surface area contributed by atoms with Crippen LogP contribution >= 0.6 is 0 Å². The summed E-state index contributed by atoms with van der Waals surface area (Å²) in [6, 6.07) is 8.90. The van der Waals surface area contributed by atoms with Gasteiger partial charge in [0.05, 0.1) is 0 Å². The minimum Gasteiger partial charge on any atom is -0.355 e. The van der Waals surface area contributed by atoms with Crippen LogP contribution in [0.4, 0.5) is 8.78 Å². The lowest BCUT2D eigenvalue weighted by atomic mass is 10.1. The van der Waals surface area contributed by atoms with Crippen LogP contribution in [0.2, 0.25) is 0 Å². The number of hydrogen-bond acceptors (Lipinski definition) is 0. The monoisotopic (exact) mass is 233 g/mol. The van der Waals surface area contributed by atoms with Crippen molar-refractivity contribution in [2.75, 3.05) is 0 Å². The molecule has 0 amide bonds. The lowest BCUT2D eigenvalue weighted by Crippen LogP contribution is -1.73. The molecule has 1 aromatic heterocycles. The summed E-state index contributed by atoms with van der Waals surface area (Å²) >= 11 is 0. The predicted octanol–water partition coefficient (Wildman–Crippen LogP) is 4.63. The van der Waals surface area contributed by atoms with Crippen molar-refractivity contribution >= 4 is 21.8 Å². The summed E-state index contributed by atoms with van der Waals surface area (Å²) in [5.74, 6) is -0.625. The molecule has 1 heterocycles. The molecule has 0 spiro atoms. The van der Waals surface area contributed by atoms with Gasteiger partial charge in [-0.25, -0.2) is 8.78 Å². The highest BCUT2D eigenvalue weighted by Crippen LogP contribution is 2.26. The summed E-state index contributed by atoms with van der Waals surface area (Å²) in [4.78, 5) is 3.10. The van der Waals surface area contributed by atoms with Crippen molar-refractivity contribution < 1.29 is 8.78 Å². The van der Waals surface area contributed by atoms with Crippen LogP contribution in [0.25, 0.3) is 21.8 Å². The van der Waals surface area contributed by atoms with Crippen LogP contribution in [0.15, 0.2) is 36.4 Å². The van der Waals surface area contributed by atoms with Crippen molar-refractivity contribution in [3.63, 3.8) is 0 Å². The maximum atomic E-state index is 13.0. The van der Waals surface area contributed by atoms with Crippen LogP contribution in [-0.4, -0.2) is 4.98 Å². The van der Waals surface area contributed by atoms with Crippen LogP contribution in [0.5, 0.6) is 0 Å². The van der Waals surface area contributed by atoms with E-state index in [0.717, 1.165) is 11.0 Å². The lowest BCUT2D eigenvalue weighted by molar-refractivity contribution is 0.628. The Kier molecular flexibility index (Phi) is 3.09. The predicted molar refractivity (Wildman–Crippen MR) is 67.1 cm³/mol. The molecule has 0 unspecified atom stereocenters. The van der Waals surface area contributed by atoms with Crippen LogP contribution in [-0.2, 0) is 0 Å². The molecule has 88 valence electrons. The number of H-pyrrole nitrogens is 1. The van der Waals surface area contributed by atoms with E-state index in [2.05, 4.69) is 4.98 Å². The first-order valence-corrected chi connectivity index (χ1v) is 5.60. The normalized spacial score (nSPS) is 10.4. The van der Waals surface area contributed by atoms with E-state index in [1.54, 1.807) is 12.1 Å². The maximum absolute atomic E-state index is 13.0. The fraction of sp³-hybridized carbons (Fsp3) is 0.143. The zero-order valence-electron chi connectivity index (χ0n) is 9.72. The smallest absolute Gasteiger partial charge is 0.123 e. The van der Waals surface area contributed by atoms with Crippen LogP contribution < -0.4 is 0 Å². The summed E-state index contributed by atoms with van der Waals surface area (Å²) in [6.07, 6.45) is 0. The second-order valence-electron chi connectivity index (χ2n) is 3.50. The van der Waals surface area contributed by atoms with Gasteiger partial charge in [0.25, 0.3) is 0 Å². The van der Waals surface area contributed by atoms with E-state index in [-0.39, 0.29) is 11.6 Å². The Morgan fingerprint density at radius 2 is 1.18 bits per heavy atom. The van der Waals surface area contributed by atoms with Gasteiger partial charge in [0.1, 0.15) is 11.6 Å². The fourth-order valence-electron chi connectivity index (χ4n) is 1.84. The summed E-state index contributed by atoms with van der Waals surface area (Å²) in [5.41, 5.74) is 1.63. The van der Waals surface area contributed by atoms with Gasteiger partial charge in [-0.15, -0.1) is 0 Å². The molecular weight excluding hydrogens is 220 g/mol. The van der Waals surface area contributed by atoms with E-state index < -0.39 is 0 Å². The second-order valence-corrected chi connectivity index (χ2v) is 3.50. The number of hydrogen-bond donors (Lipinski definition) is 1. The van der Waals surface area contributed by atoms with Gasteiger partial charge >= 0.3 is 0 Å². The molecule has 0 aliphatic carbocycles. The number of benzene rings is 2. The van der Waals surface area contributed by atoms with Gasteiger partial charge in [-0.2, -0.15) is 0 Å². The zero-order valence-corrected chi connectivity index (χ0v) is 9.72. The SMILES string of the molecule is CC.Fc1ccc2[nH]c3ccc(F)cc3c2c1. The van der Waals surface area contributed by atoms with Crippen molar-refractivity contribution in [2.45, 2.75) is 13.8 Å². The minimum atomic E-state index is -0.312. The van der Waals surface area contributed by atoms with Crippen molar-refractivity contribution in [3.8, 4) is 0 Å². The molecule has 0 radical (unpaired) electrons. The molecule has 0 fully saturated rings. The highest BCUT2D eigenvalue weighted by Gasteiger charge is 2.05. The molecule has 1 N–H and O–H groups in total. The third-order valence-corrected chi connectivity index (χ3v) is 2.52. The first-order chi connectivity index (χ1) is 8.24. The Morgan fingerprint density at radius 3 is 1.59 bits per heavy atom. The number of aromatic nitrogens is 1. The van der Waals surface area contributed by atoms with E-state index >= 15 is 0 Å². The molecule has 2 aromatic carbocycles. The van der Waals surface area contributed by atoms with E-state index in [9.17, 15) is 8.78 Å². The fourth-order valence-corrected chi connectivity index (χ4v) is 1.84. The van der Waals surface area contributed by atoms with Crippen molar-refractivity contribution in [2.24, 2.45) is 0 Å². The summed E-state index contributed by atoms with van der Waals surface area (Å²) in [6.45, 7) is 4.00. The number of aromatic amines is 1. The van der Waals surface area contributed by atoms with Gasteiger partial charge < -0.3 is 4.98 Å². The molecule has 3 aromatic rings. The Balaban J connectivity index is 0.000000514.